The number of ether oxygens (including phenoxy) is 2. The predicted molar refractivity (Wildman–Crippen MR) is 102 cm³/mol. The smallest absolute Gasteiger partial charge is 0.331 e. The van der Waals surface area contributed by atoms with Gasteiger partial charge in [0.1, 0.15) is 5.57 Å². The van der Waals surface area contributed by atoms with Gasteiger partial charge in [0.25, 0.3) is 11.8 Å². The van der Waals surface area contributed by atoms with Gasteiger partial charge in [-0.3, -0.25) is 19.8 Å². The maximum Gasteiger partial charge on any atom is 0.331 e. The fraction of sp³-hybridized carbons (Fsp3) is 0.368. The Morgan fingerprint density at radius 1 is 1.14 bits per heavy atom. The molecular formula is C19H22N4O6. The lowest BCUT2D eigenvalue weighted by atomic mass is 10.1. The van der Waals surface area contributed by atoms with E-state index >= 15 is 0 Å². The number of nitrogens with two attached hydrogens (primary N) is 1. The van der Waals surface area contributed by atoms with Crippen LogP contribution in [0.5, 0.6) is 11.5 Å². The van der Waals surface area contributed by atoms with E-state index in [9.17, 15) is 19.2 Å². The largest absolute Gasteiger partial charge is 0.454 e. The molecule has 0 atom stereocenters. The molecule has 10 nitrogen and oxygen atoms in total. The van der Waals surface area contributed by atoms with Crippen molar-refractivity contribution in [2.45, 2.75) is 25.7 Å². The lowest BCUT2D eigenvalue weighted by Crippen LogP contribution is -2.54. The summed E-state index contributed by atoms with van der Waals surface area (Å²) in [6, 6.07) is 3.76. The summed E-state index contributed by atoms with van der Waals surface area (Å²) in [4.78, 5) is 48.5. The molecular weight excluding hydrogens is 380 g/mol. The number of imide groups is 2. The minimum Gasteiger partial charge on any atom is -0.454 e. The van der Waals surface area contributed by atoms with Crippen LogP contribution in [0.3, 0.4) is 0 Å². The first-order valence-electron chi connectivity index (χ1n) is 9.27. The minimum absolute atomic E-state index is 0.117. The van der Waals surface area contributed by atoms with Crippen LogP contribution in [0.1, 0.15) is 31.2 Å². The van der Waals surface area contributed by atoms with Gasteiger partial charge in [-0.15, -0.1) is 0 Å². The van der Waals surface area contributed by atoms with Gasteiger partial charge in [-0.1, -0.05) is 18.9 Å². The molecule has 2 heterocycles. The molecule has 0 spiro atoms. The maximum absolute atomic E-state index is 12.7. The van der Waals surface area contributed by atoms with Crippen molar-refractivity contribution in [1.82, 2.24) is 15.5 Å². The van der Waals surface area contributed by atoms with E-state index in [0.29, 0.717) is 30.0 Å². The van der Waals surface area contributed by atoms with Crippen LogP contribution < -0.4 is 25.8 Å². The lowest BCUT2D eigenvalue weighted by Gasteiger charge is -2.26. The SMILES string of the molecule is NC(=O)NCCCCCCN1C(=O)NC(=O)C(=Cc2ccc3c(c2)OCO3)C1=O. The number of rotatable bonds is 8. The molecule has 6 amide bonds. The summed E-state index contributed by atoms with van der Waals surface area (Å²) in [5.41, 5.74) is 5.45. The molecule has 0 bridgehead atoms. The van der Waals surface area contributed by atoms with Crippen molar-refractivity contribution < 1.29 is 28.7 Å². The second-order valence-electron chi connectivity index (χ2n) is 6.59. The van der Waals surface area contributed by atoms with Crippen molar-refractivity contribution in [2.24, 2.45) is 5.73 Å². The predicted octanol–water partition coefficient (Wildman–Crippen LogP) is 1.11. The van der Waals surface area contributed by atoms with E-state index in [4.69, 9.17) is 15.2 Å². The molecule has 0 aliphatic carbocycles. The van der Waals surface area contributed by atoms with Crippen molar-refractivity contribution in [1.29, 1.82) is 0 Å². The zero-order valence-corrected chi connectivity index (χ0v) is 15.7. The number of carbonyl (C=O) groups excluding carboxylic acids is 4. The van der Waals surface area contributed by atoms with Crippen LogP contribution in [0, 0.1) is 0 Å². The highest BCUT2D eigenvalue weighted by atomic mass is 16.7. The fourth-order valence-corrected chi connectivity index (χ4v) is 3.03. The van der Waals surface area contributed by atoms with E-state index in [1.54, 1.807) is 18.2 Å². The fourth-order valence-electron chi connectivity index (χ4n) is 3.03. The third kappa shape index (κ3) is 5.03. The third-order valence-electron chi connectivity index (χ3n) is 4.50. The topological polar surface area (TPSA) is 140 Å². The van der Waals surface area contributed by atoms with E-state index in [1.807, 2.05) is 0 Å². The van der Waals surface area contributed by atoms with Gasteiger partial charge in [-0.2, -0.15) is 0 Å². The lowest BCUT2D eigenvalue weighted by molar-refractivity contribution is -0.130. The highest BCUT2D eigenvalue weighted by Gasteiger charge is 2.35. The number of urea groups is 2. The van der Waals surface area contributed by atoms with Gasteiger partial charge in [0, 0.05) is 13.1 Å². The summed E-state index contributed by atoms with van der Waals surface area (Å²) < 4.78 is 10.5. The molecule has 1 saturated heterocycles. The van der Waals surface area contributed by atoms with E-state index in [1.165, 1.54) is 6.08 Å². The van der Waals surface area contributed by atoms with E-state index in [-0.39, 0.29) is 18.9 Å². The average molecular weight is 402 g/mol. The Bertz CT molecular complexity index is 866. The molecule has 0 saturated carbocycles. The Hall–Kier alpha value is -3.56. The highest BCUT2D eigenvalue weighted by molar-refractivity contribution is 6.31. The third-order valence-corrected chi connectivity index (χ3v) is 4.50. The van der Waals surface area contributed by atoms with Gasteiger partial charge >= 0.3 is 12.1 Å². The summed E-state index contributed by atoms with van der Waals surface area (Å²) in [6.07, 6.45) is 4.32. The van der Waals surface area contributed by atoms with Crippen molar-refractivity contribution in [2.75, 3.05) is 19.9 Å². The molecule has 10 heteroatoms. The molecule has 3 rings (SSSR count). The van der Waals surface area contributed by atoms with Crippen LogP contribution in [0.4, 0.5) is 9.59 Å². The van der Waals surface area contributed by atoms with Crippen LogP contribution in [0.15, 0.2) is 23.8 Å². The summed E-state index contributed by atoms with van der Waals surface area (Å²) in [5, 5.41) is 4.70. The van der Waals surface area contributed by atoms with Crippen LogP contribution in [0.25, 0.3) is 6.08 Å². The molecule has 0 unspecified atom stereocenters. The first-order chi connectivity index (χ1) is 14.0. The summed E-state index contributed by atoms with van der Waals surface area (Å²) in [6.45, 7) is 0.796. The van der Waals surface area contributed by atoms with Crippen LogP contribution in [-0.4, -0.2) is 48.7 Å². The van der Waals surface area contributed by atoms with E-state index in [0.717, 1.165) is 24.2 Å². The summed E-state index contributed by atoms with van der Waals surface area (Å²) in [7, 11) is 0. The van der Waals surface area contributed by atoms with Gasteiger partial charge in [0.05, 0.1) is 0 Å². The standard InChI is InChI=1S/C19H22N4O6/c20-18(26)21-7-3-1-2-4-8-23-17(25)13(16(24)22-19(23)27)9-12-5-6-14-15(10-12)29-11-28-14/h5-6,9-10H,1-4,7-8,11H2,(H3,20,21,26)(H,22,24,27). The van der Waals surface area contributed by atoms with Crippen LogP contribution in [-0.2, 0) is 9.59 Å². The number of fused-ring (bicyclic) bond motifs is 1. The molecule has 2 aliphatic rings. The molecule has 1 aromatic rings. The number of amides is 6. The Kier molecular flexibility index (Phi) is 6.32. The highest BCUT2D eigenvalue weighted by Crippen LogP contribution is 2.33. The second-order valence-corrected chi connectivity index (χ2v) is 6.59. The van der Waals surface area contributed by atoms with Crippen molar-refractivity contribution in [3.63, 3.8) is 0 Å². The van der Waals surface area contributed by atoms with Crippen molar-refractivity contribution >= 4 is 30.0 Å². The zero-order chi connectivity index (χ0) is 20.8. The van der Waals surface area contributed by atoms with Gasteiger partial charge in [-0.05, 0) is 36.6 Å². The van der Waals surface area contributed by atoms with Crippen LogP contribution >= 0.6 is 0 Å². The van der Waals surface area contributed by atoms with Crippen LogP contribution in [0.2, 0.25) is 0 Å². The molecule has 154 valence electrons. The summed E-state index contributed by atoms with van der Waals surface area (Å²) >= 11 is 0. The Morgan fingerprint density at radius 2 is 1.90 bits per heavy atom. The molecule has 4 N–H and O–H groups in total. The molecule has 29 heavy (non-hydrogen) atoms. The number of unbranched alkanes of at least 4 members (excludes halogenated alkanes) is 3. The normalized spacial score (nSPS) is 16.9. The zero-order valence-electron chi connectivity index (χ0n) is 15.7. The summed E-state index contributed by atoms with van der Waals surface area (Å²) in [5.74, 6) is -0.241. The first-order valence-corrected chi connectivity index (χ1v) is 9.27. The molecule has 0 aromatic heterocycles. The van der Waals surface area contributed by atoms with Crippen molar-refractivity contribution in [3.05, 3.63) is 29.3 Å². The average Bonchev–Trinajstić information content (AvgIpc) is 3.14. The molecule has 2 aliphatic heterocycles. The number of benzene rings is 1. The monoisotopic (exact) mass is 402 g/mol. The molecule has 1 aromatic carbocycles. The van der Waals surface area contributed by atoms with Gasteiger partial charge < -0.3 is 20.5 Å². The van der Waals surface area contributed by atoms with Gasteiger partial charge in [0.2, 0.25) is 6.79 Å². The number of nitrogens with zero attached hydrogens (tertiary/aromatic N) is 1. The molecule has 1 fully saturated rings. The number of barbiturate groups is 1. The van der Waals surface area contributed by atoms with Gasteiger partial charge in [0.15, 0.2) is 11.5 Å². The quantitative estimate of drug-likeness (QED) is 0.338. The number of primary amides is 1. The number of carbonyl (C=O) groups is 4. The maximum atomic E-state index is 12.7. The number of hydrogen-bond acceptors (Lipinski definition) is 6. The Labute approximate surface area is 167 Å². The number of nitrogens with one attached hydrogen (secondary N) is 2. The Balaban J connectivity index is 1.58. The first kappa shape index (κ1) is 20.2. The second kappa shape index (κ2) is 9.09. The molecule has 0 radical (unpaired) electrons. The number of hydrogen-bond donors (Lipinski definition) is 3. The van der Waals surface area contributed by atoms with E-state index in [2.05, 4.69) is 10.6 Å². The van der Waals surface area contributed by atoms with Gasteiger partial charge in [-0.25, -0.2) is 9.59 Å². The Morgan fingerprint density at radius 3 is 2.69 bits per heavy atom. The van der Waals surface area contributed by atoms with E-state index < -0.39 is 23.9 Å². The van der Waals surface area contributed by atoms with Crippen molar-refractivity contribution in [3.8, 4) is 11.5 Å². The minimum atomic E-state index is -0.730.